The summed E-state index contributed by atoms with van der Waals surface area (Å²) in [6.45, 7) is 0. The van der Waals surface area contributed by atoms with Gasteiger partial charge in [0.2, 0.25) is 5.76 Å². The van der Waals surface area contributed by atoms with E-state index in [9.17, 15) is 9.18 Å². The van der Waals surface area contributed by atoms with Gasteiger partial charge in [-0.05, 0) is 29.3 Å². The van der Waals surface area contributed by atoms with Crippen molar-refractivity contribution in [2.24, 2.45) is 0 Å². The maximum absolute atomic E-state index is 12.9. The Hall–Kier alpha value is -2.10. The number of furan rings is 1. The summed E-state index contributed by atoms with van der Waals surface area (Å²) >= 11 is 0. The normalized spacial score (nSPS) is 10.3. The number of aromatic carboxylic acids is 1. The molecule has 1 N–H and O–H groups in total. The van der Waals surface area contributed by atoms with Gasteiger partial charge in [-0.3, -0.25) is 0 Å². The Bertz CT molecular complexity index is 516. The molecule has 0 radical (unpaired) electrons. The van der Waals surface area contributed by atoms with Gasteiger partial charge >= 0.3 is 5.97 Å². The third kappa shape index (κ3) is 2.28. The molecule has 0 fully saturated rings. The number of halogens is 1. The number of carboxylic acids is 1. The molecule has 0 bridgehead atoms. The van der Waals surface area contributed by atoms with Crippen LogP contribution in [0.4, 0.5) is 4.39 Å². The fourth-order valence-electron chi connectivity index (χ4n) is 1.46. The number of carboxylic acid groups (broad SMARTS) is 1. The van der Waals surface area contributed by atoms with Crippen LogP contribution in [0.5, 0.6) is 0 Å². The van der Waals surface area contributed by atoms with Crippen molar-refractivity contribution in [3.05, 3.63) is 59.3 Å². The minimum absolute atomic E-state index is 0.105. The van der Waals surface area contributed by atoms with Gasteiger partial charge in [0, 0.05) is 6.42 Å². The summed E-state index contributed by atoms with van der Waals surface area (Å²) in [5.41, 5.74) is 1.49. The summed E-state index contributed by atoms with van der Waals surface area (Å²) in [7, 11) is 0. The molecule has 3 nitrogen and oxygen atoms in total. The lowest BCUT2D eigenvalue weighted by Gasteiger charge is -1.97. The molecule has 0 aliphatic heterocycles. The highest BCUT2D eigenvalue weighted by Crippen LogP contribution is 2.14. The lowest BCUT2D eigenvalue weighted by atomic mass is 10.1. The zero-order valence-corrected chi connectivity index (χ0v) is 8.31. The lowest BCUT2D eigenvalue weighted by molar-refractivity contribution is 0.0662. The zero-order chi connectivity index (χ0) is 11.5. The number of hydrogen-bond acceptors (Lipinski definition) is 2. The van der Waals surface area contributed by atoms with Gasteiger partial charge in [-0.2, -0.15) is 0 Å². The topological polar surface area (TPSA) is 50.4 Å². The number of benzene rings is 1. The van der Waals surface area contributed by atoms with Crippen molar-refractivity contribution in [3.8, 4) is 0 Å². The molecule has 2 aromatic rings. The van der Waals surface area contributed by atoms with Crippen LogP contribution in [0.3, 0.4) is 0 Å². The van der Waals surface area contributed by atoms with E-state index in [0.29, 0.717) is 12.0 Å². The Kier molecular flexibility index (Phi) is 2.72. The highest BCUT2D eigenvalue weighted by Gasteiger charge is 2.09. The van der Waals surface area contributed by atoms with Gasteiger partial charge in [0.05, 0.1) is 6.26 Å². The molecule has 0 saturated heterocycles. The van der Waals surface area contributed by atoms with Gasteiger partial charge in [0.15, 0.2) is 0 Å². The average Bonchev–Trinajstić information content (AvgIpc) is 2.66. The first-order valence-electron chi connectivity index (χ1n) is 4.70. The molecule has 1 heterocycles. The summed E-state index contributed by atoms with van der Waals surface area (Å²) in [4.78, 5) is 10.6. The highest BCUT2D eigenvalue weighted by atomic mass is 19.1. The number of carbonyl (C=O) groups is 1. The summed E-state index contributed by atoms with van der Waals surface area (Å²) in [6.07, 6.45) is 1.82. The maximum Gasteiger partial charge on any atom is 0.371 e. The molecule has 2 rings (SSSR count). The molecule has 0 unspecified atom stereocenters. The minimum Gasteiger partial charge on any atom is -0.475 e. The quantitative estimate of drug-likeness (QED) is 0.865. The summed E-state index contributed by atoms with van der Waals surface area (Å²) < 4.78 is 17.7. The van der Waals surface area contributed by atoms with E-state index in [-0.39, 0.29) is 11.6 Å². The number of rotatable bonds is 3. The van der Waals surface area contributed by atoms with Crippen molar-refractivity contribution in [2.75, 3.05) is 0 Å². The Morgan fingerprint density at radius 2 is 2.12 bits per heavy atom. The molecule has 16 heavy (non-hydrogen) atoms. The molecule has 0 saturated carbocycles. The molecule has 0 atom stereocenters. The van der Waals surface area contributed by atoms with E-state index >= 15 is 0 Å². The van der Waals surface area contributed by atoms with Crippen molar-refractivity contribution in [1.82, 2.24) is 0 Å². The maximum atomic E-state index is 12.9. The summed E-state index contributed by atoms with van der Waals surface area (Å²) in [5, 5.41) is 8.65. The van der Waals surface area contributed by atoms with Crippen LogP contribution in [0.2, 0.25) is 0 Å². The van der Waals surface area contributed by atoms with Crippen molar-refractivity contribution in [2.45, 2.75) is 6.42 Å². The largest absolute Gasteiger partial charge is 0.475 e. The van der Waals surface area contributed by atoms with Crippen molar-refractivity contribution < 1.29 is 18.7 Å². The van der Waals surface area contributed by atoms with Crippen LogP contribution in [0, 0.1) is 5.82 Å². The van der Waals surface area contributed by atoms with E-state index in [1.165, 1.54) is 24.5 Å². The first-order valence-corrected chi connectivity index (χ1v) is 4.70. The van der Waals surface area contributed by atoms with Gasteiger partial charge in [0.25, 0.3) is 0 Å². The predicted molar refractivity (Wildman–Crippen MR) is 54.9 cm³/mol. The third-order valence-corrected chi connectivity index (χ3v) is 2.16. The van der Waals surface area contributed by atoms with E-state index in [4.69, 9.17) is 9.52 Å². The summed E-state index contributed by atoms with van der Waals surface area (Å²) in [6, 6.07) is 7.60. The van der Waals surface area contributed by atoms with Crippen molar-refractivity contribution in [3.63, 3.8) is 0 Å². The van der Waals surface area contributed by atoms with Crippen LogP contribution in [0.15, 0.2) is 41.0 Å². The van der Waals surface area contributed by atoms with Crippen molar-refractivity contribution in [1.29, 1.82) is 0 Å². The van der Waals surface area contributed by atoms with Crippen molar-refractivity contribution >= 4 is 5.97 Å². The van der Waals surface area contributed by atoms with Crippen LogP contribution < -0.4 is 0 Å². The Labute approximate surface area is 91.1 Å². The number of hydrogen-bond donors (Lipinski definition) is 1. The fraction of sp³-hybridized carbons (Fsp3) is 0.0833. The smallest absolute Gasteiger partial charge is 0.371 e. The van der Waals surface area contributed by atoms with Crippen LogP contribution in [-0.4, -0.2) is 11.1 Å². The molecule has 0 aliphatic rings. The SMILES string of the molecule is O=C(O)c1cc(Cc2cccc(F)c2)co1. The van der Waals surface area contributed by atoms with Crippen LogP contribution in [0.1, 0.15) is 21.7 Å². The fourth-order valence-corrected chi connectivity index (χ4v) is 1.46. The van der Waals surface area contributed by atoms with E-state index in [0.717, 1.165) is 5.56 Å². The molecule has 0 spiro atoms. The molecular weight excluding hydrogens is 211 g/mol. The summed E-state index contributed by atoms with van der Waals surface area (Å²) in [5.74, 6) is -1.52. The van der Waals surface area contributed by atoms with Gasteiger partial charge in [0.1, 0.15) is 5.82 Å². The van der Waals surface area contributed by atoms with Gasteiger partial charge in [-0.25, -0.2) is 9.18 Å². The van der Waals surface area contributed by atoms with Crippen LogP contribution in [0.25, 0.3) is 0 Å². The first-order chi connectivity index (χ1) is 7.65. The second-order valence-electron chi connectivity index (χ2n) is 3.43. The van der Waals surface area contributed by atoms with Gasteiger partial charge in [-0.15, -0.1) is 0 Å². The lowest BCUT2D eigenvalue weighted by Crippen LogP contribution is -1.92. The van der Waals surface area contributed by atoms with Crippen LogP contribution in [-0.2, 0) is 6.42 Å². The third-order valence-electron chi connectivity index (χ3n) is 2.16. The zero-order valence-electron chi connectivity index (χ0n) is 8.31. The average molecular weight is 220 g/mol. The molecule has 1 aromatic carbocycles. The highest BCUT2D eigenvalue weighted by molar-refractivity contribution is 5.84. The predicted octanol–water partition coefficient (Wildman–Crippen LogP) is 2.71. The van der Waals surface area contributed by atoms with E-state index < -0.39 is 5.97 Å². The molecule has 1 aromatic heterocycles. The van der Waals surface area contributed by atoms with Crippen LogP contribution >= 0.6 is 0 Å². The van der Waals surface area contributed by atoms with E-state index in [2.05, 4.69) is 0 Å². The first kappa shape index (κ1) is 10.4. The molecular formula is C12H9FO3. The minimum atomic E-state index is -1.11. The Morgan fingerprint density at radius 1 is 1.31 bits per heavy atom. The second-order valence-corrected chi connectivity index (χ2v) is 3.43. The molecule has 82 valence electrons. The van der Waals surface area contributed by atoms with Gasteiger partial charge in [-0.1, -0.05) is 12.1 Å². The Morgan fingerprint density at radius 3 is 2.75 bits per heavy atom. The van der Waals surface area contributed by atoms with E-state index in [1.807, 2.05) is 0 Å². The molecule has 0 aliphatic carbocycles. The Balaban J connectivity index is 2.17. The van der Waals surface area contributed by atoms with Gasteiger partial charge < -0.3 is 9.52 Å². The molecule has 0 amide bonds. The monoisotopic (exact) mass is 220 g/mol. The molecule has 4 heteroatoms. The second kappa shape index (κ2) is 4.18. The van der Waals surface area contributed by atoms with E-state index in [1.54, 1.807) is 12.1 Å². The standard InChI is InChI=1S/C12H9FO3/c13-10-3-1-2-8(5-10)4-9-6-11(12(14)15)16-7-9/h1-3,5-7H,4H2,(H,14,15).